The summed E-state index contributed by atoms with van der Waals surface area (Å²) in [5.74, 6) is 1.08. The number of rotatable bonds is 14. The predicted octanol–water partition coefficient (Wildman–Crippen LogP) is 5.10. The molecule has 0 atom stereocenters. The van der Waals surface area contributed by atoms with Crippen LogP contribution in [0.25, 0.3) is 0 Å². The van der Waals surface area contributed by atoms with Gasteiger partial charge < -0.3 is 19.5 Å². The molecular weight excluding hydrogens is 357 g/mol. The van der Waals surface area contributed by atoms with E-state index in [1.165, 1.54) is 6.07 Å². The highest BCUT2D eigenvalue weighted by Crippen LogP contribution is 2.32. The summed E-state index contributed by atoms with van der Waals surface area (Å²) in [5.41, 5.74) is 1.52. The maximum absolute atomic E-state index is 13.9. The monoisotopic (exact) mass is 389 g/mol. The van der Waals surface area contributed by atoms with Crippen LogP contribution in [0, 0.1) is 5.82 Å². The van der Waals surface area contributed by atoms with Crippen molar-refractivity contribution in [3.63, 3.8) is 0 Å². The zero-order valence-electron chi connectivity index (χ0n) is 17.0. The van der Waals surface area contributed by atoms with E-state index in [2.05, 4.69) is 12.2 Å². The summed E-state index contributed by atoms with van der Waals surface area (Å²) in [5, 5.41) is 3.42. The minimum Gasteiger partial charge on any atom is -0.490 e. The van der Waals surface area contributed by atoms with Crippen molar-refractivity contribution in [1.82, 2.24) is 5.32 Å². The summed E-state index contributed by atoms with van der Waals surface area (Å²) in [6.07, 6.45) is 3.23. The molecule has 0 unspecified atom stereocenters. The highest BCUT2D eigenvalue weighted by atomic mass is 19.1. The lowest BCUT2D eigenvalue weighted by Gasteiger charge is -2.17. The molecule has 0 fully saturated rings. The first-order chi connectivity index (χ1) is 13.8. The van der Waals surface area contributed by atoms with E-state index >= 15 is 0 Å². The quantitative estimate of drug-likeness (QED) is 0.456. The summed E-state index contributed by atoms with van der Waals surface area (Å²) < 4.78 is 31.2. The number of benzene rings is 2. The number of hydrogen-bond acceptors (Lipinski definition) is 4. The van der Waals surface area contributed by atoms with Crippen LogP contribution in [0.5, 0.6) is 11.5 Å². The molecule has 0 bridgehead atoms. The van der Waals surface area contributed by atoms with Crippen molar-refractivity contribution >= 4 is 0 Å². The molecule has 0 aliphatic heterocycles. The second-order valence-corrected chi connectivity index (χ2v) is 6.55. The highest BCUT2D eigenvalue weighted by molar-refractivity contribution is 5.46. The predicted molar refractivity (Wildman–Crippen MR) is 110 cm³/mol. The number of ether oxygens (including phenoxy) is 3. The summed E-state index contributed by atoms with van der Waals surface area (Å²) in [4.78, 5) is 0. The second-order valence-electron chi connectivity index (χ2n) is 6.55. The lowest BCUT2D eigenvalue weighted by Crippen LogP contribution is -2.17. The van der Waals surface area contributed by atoms with Gasteiger partial charge in [0.15, 0.2) is 11.5 Å². The van der Waals surface area contributed by atoms with E-state index in [1.54, 1.807) is 18.2 Å². The maximum atomic E-state index is 13.9. The van der Waals surface area contributed by atoms with E-state index in [0.29, 0.717) is 30.2 Å². The molecule has 28 heavy (non-hydrogen) atoms. The zero-order chi connectivity index (χ0) is 20.0. The van der Waals surface area contributed by atoms with Gasteiger partial charge in [0.25, 0.3) is 0 Å². The van der Waals surface area contributed by atoms with Crippen LogP contribution in [0.3, 0.4) is 0 Å². The molecule has 0 spiro atoms. The molecule has 1 N–H and O–H groups in total. The fourth-order valence-corrected chi connectivity index (χ4v) is 2.77. The van der Waals surface area contributed by atoms with Crippen LogP contribution in [0.4, 0.5) is 4.39 Å². The molecular formula is C23H32FNO3. The van der Waals surface area contributed by atoms with Crippen molar-refractivity contribution in [1.29, 1.82) is 0 Å². The van der Waals surface area contributed by atoms with Gasteiger partial charge in [-0.3, -0.25) is 0 Å². The molecule has 2 aromatic carbocycles. The number of para-hydroxylation sites is 1. The molecule has 2 aromatic rings. The Morgan fingerprint density at radius 3 is 2.46 bits per heavy atom. The van der Waals surface area contributed by atoms with Gasteiger partial charge in [0.05, 0.1) is 6.61 Å². The summed E-state index contributed by atoms with van der Waals surface area (Å²) >= 11 is 0. The Bertz CT molecular complexity index is 693. The minimum absolute atomic E-state index is 0.162. The van der Waals surface area contributed by atoms with Crippen molar-refractivity contribution in [2.24, 2.45) is 0 Å². The van der Waals surface area contributed by atoms with E-state index < -0.39 is 0 Å². The van der Waals surface area contributed by atoms with Gasteiger partial charge in [-0.2, -0.15) is 0 Å². The van der Waals surface area contributed by atoms with E-state index in [0.717, 1.165) is 44.6 Å². The number of hydrogen-bond donors (Lipinski definition) is 1. The van der Waals surface area contributed by atoms with Crippen LogP contribution in [-0.4, -0.2) is 26.4 Å². The minimum atomic E-state index is -0.265. The third kappa shape index (κ3) is 7.49. The van der Waals surface area contributed by atoms with Crippen molar-refractivity contribution in [2.45, 2.75) is 46.3 Å². The Hall–Kier alpha value is -2.11. The Morgan fingerprint density at radius 2 is 1.68 bits per heavy atom. The van der Waals surface area contributed by atoms with E-state index in [9.17, 15) is 4.39 Å². The van der Waals surface area contributed by atoms with Gasteiger partial charge in [-0.1, -0.05) is 43.7 Å². The molecule has 0 aromatic heterocycles. The van der Waals surface area contributed by atoms with E-state index in [4.69, 9.17) is 14.2 Å². The number of nitrogens with one attached hydrogen (secondary N) is 1. The third-order valence-electron chi connectivity index (χ3n) is 4.29. The van der Waals surface area contributed by atoms with E-state index in [1.807, 2.05) is 25.1 Å². The van der Waals surface area contributed by atoms with Crippen LogP contribution >= 0.6 is 0 Å². The van der Waals surface area contributed by atoms with Gasteiger partial charge in [-0.25, -0.2) is 4.39 Å². The van der Waals surface area contributed by atoms with Crippen LogP contribution in [0.15, 0.2) is 42.5 Å². The summed E-state index contributed by atoms with van der Waals surface area (Å²) in [6, 6.07) is 12.5. The van der Waals surface area contributed by atoms with Gasteiger partial charge >= 0.3 is 0 Å². The van der Waals surface area contributed by atoms with Crippen molar-refractivity contribution in [3.05, 3.63) is 59.4 Å². The molecule has 0 radical (unpaired) electrons. The third-order valence-corrected chi connectivity index (χ3v) is 4.29. The molecule has 0 saturated heterocycles. The lowest BCUT2D eigenvalue weighted by atomic mass is 10.1. The molecule has 0 saturated carbocycles. The Kier molecular flexibility index (Phi) is 10.4. The smallest absolute Gasteiger partial charge is 0.166 e. The molecule has 0 aliphatic rings. The zero-order valence-corrected chi connectivity index (χ0v) is 17.0. The van der Waals surface area contributed by atoms with Crippen molar-refractivity contribution in [3.8, 4) is 11.5 Å². The topological polar surface area (TPSA) is 39.7 Å². The van der Waals surface area contributed by atoms with Crippen LogP contribution < -0.4 is 14.8 Å². The first kappa shape index (κ1) is 22.2. The van der Waals surface area contributed by atoms with Gasteiger partial charge in [0.2, 0.25) is 0 Å². The maximum Gasteiger partial charge on any atom is 0.166 e. The van der Waals surface area contributed by atoms with Gasteiger partial charge in [-0.05, 0) is 38.4 Å². The standard InChI is InChI=1S/C23H32FNO3/c1-3-5-15-26-16-9-14-25-17-19-11-8-13-22(27-4-2)23(19)28-18-20-10-6-7-12-21(20)24/h6-8,10-13,25H,3-5,9,14-18H2,1-2H3. The normalized spacial score (nSPS) is 10.8. The summed E-state index contributed by atoms with van der Waals surface area (Å²) in [7, 11) is 0. The highest BCUT2D eigenvalue weighted by Gasteiger charge is 2.12. The van der Waals surface area contributed by atoms with E-state index in [-0.39, 0.29) is 12.4 Å². The molecule has 154 valence electrons. The number of unbranched alkanes of at least 4 members (excludes halogenated alkanes) is 1. The molecule has 5 heteroatoms. The lowest BCUT2D eigenvalue weighted by molar-refractivity contribution is 0.128. The van der Waals surface area contributed by atoms with Gasteiger partial charge in [0, 0.05) is 30.9 Å². The van der Waals surface area contributed by atoms with Crippen molar-refractivity contribution < 1.29 is 18.6 Å². The van der Waals surface area contributed by atoms with Crippen LogP contribution in [-0.2, 0) is 17.9 Å². The molecule has 0 amide bonds. The fraction of sp³-hybridized carbons (Fsp3) is 0.478. The molecule has 0 aliphatic carbocycles. The molecule has 0 heterocycles. The SMILES string of the molecule is CCCCOCCCNCc1cccc(OCC)c1OCc1ccccc1F. The molecule has 2 rings (SSSR count). The Balaban J connectivity index is 1.91. The van der Waals surface area contributed by atoms with Crippen molar-refractivity contribution in [2.75, 3.05) is 26.4 Å². The van der Waals surface area contributed by atoms with Crippen LogP contribution in [0.1, 0.15) is 44.2 Å². The first-order valence-electron chi connectivity index (χ1n) is 10.2. The largest absolute Gasteiger partial charge is 0.490 e. The summed E-state index contributed by atoms with van der Waals surface area (Å²) in [6.45, 7) is 7.91. The van der Waals surface area contributed by atoms with Crippen LogP contribution in [0.2, 0.25) is 0 Å². The fourth-order valence-electron chi connectivity index (χ4n) is 2.77. The Morgan fingerprint density at radius 1 is 0.893 bits per heavy atom. The Labute approximate surface area is 168 Å². The average molecular weight is 390 g/mol. The first-order valence-corrected chi connectivity index (χ1v) is 10.2. The van der Waals surface area contributed by atoms with Gasteiger partial charge in [0.1, 0.15) is 12.4 Å². The average Bonchev–Trinajstić information content (AvgIpc) is 2.70. The number of halogens is 1. The second kappa shape index (κ2) is 13.1. The van der Waals surface area contributed by atoms with Gasteiger partial charge in [-0.15, -0.1) is 0 Å². The molecule has 4 nitrogen and oxygen atoms in total.